The van der Waals surface area contributed by atoms with Gasteiger partial charge in [0.2, 0.25) is 0 Å². The lowest BCUT2D eigenvalue weighted by Crippen LogP contribution is -2.31. The van der Waals surface area contributed by atoms with Crippen LogP contribution < -0.4 is 10.4 Å². The first-order valence-corrected chi connectivity index (χ1v) is 6.29. The molecule has 0 amide bonds. The van der Waals surface area contributed by atoms with Crippen LogP contribution in [0.5, 0.6) is 0 Å². The molecule has 1 aromatic carbocycles. The number of rotatable bonds is 3. The van der Waals surface area contributed by atoms with E-state index in [1.165, 1.54) is 32.7 Å². The molecular weight excluding hydrogens is 216 g/mol. The van der Waals surface area contributed by atoms with E-state index in [1.54, 1.807) is 0 Å². The Morgan fingerprint density at radius 3 is 2.00 bits per heavy atom. The summed E-state index contributed by atoms with van der Waals surface area (Å²) in [6.45, 7) is 16.2. The van der Waals surface area contributed by atoms with Crippen LogP contribution in [0.25, 0.3) is 24.3 Å². The molecule has 0 radical (unpaired) electrons. The standard InChI is InChI=1S/C18H22/c1-7-11-17-13(5)14(6)18(12-8-2)16(10-4)15(17)9-3/h7-12H,1,4H2,2-3,5-6H3/b12-8-,15-9-,17-11-. The molecule has 0 nitrogen and oxygen atoms in total. The summed E-state index contributed by atoms with van der Waals surface area (Å²) in [7, 11) is 0. The Balaban J connectivity index is 4.07. The molecule has 0 heterocycles. The summed E-state index contributed by atoms with van der Waals surface area (Å²) in [5.41, 5.74) is 5.08. The molecule has 1 rings (SSSR count). The molecule has 0 saturated heterocycles. The van der Waals surface area contributed by atoms with Crippen LogP contribution in [0.1, 0.15) is 36.1 Å². The van der Waals surface area contributed by atoms with E-state index in [2.05, 4.69) is 58.2 Å². The summed E-state index contributed by atoms with van der Waals surface area (Å²) in [5, 5.41) is 2.48. The molecule has 0 heteroatoms. The SMILES string of the molecule is C=C/C=c1/c(C)c(C)c(/C=C\C)c(C=C)/c1=C/C. The minimum absolute atomic E-state index is 1.20. The molecule has 0 atom stereocenters. The predicted octanol–water partition coefficient (Wildman–Crippen LogP) is 3.75. The van der Waals surface area contributed by atoms with Crippen molar-refractivity contribution in [2.45, 2.75) is 27.7 Å². The van der Waals surface area contributed by atoms with E-state index in [9.17, 15) is 0 Å². The van der Waals surface area contributed by atoms with Crippen LogP contribution in [0.2, 0.25) is 0 Å². The summed E-state index contributed by atoms with van der Waals surface area (Å²) in [6, 6.07) is 0. The maximum atomic E-state index is 3.96. The van der Waals surface area contributed by atoms with E-state index in [-0.39, 0.29) is 0 Å². The van der Waals surface area contributed by atoms with Crippen molar-refractivity contribution in [2.75, 3.05) is 0 Å². The van der Waals surface area contributed by atoms with Crippen molar-refractivity contribution in [2.24, 2.45) is 0 Å². The Hall–Kier alpha value is -1.82. The van der Waals surface area contributed by atoms with Gasteiger partial charge in [0.05, 0.1) is 0 Å². The molecule has 0 aliphatic heterocycles. The molecule has 0 unspecified atom stereocenters. The van der Waals surface area contributed by atoms with Crippen LogP contribution in [0.15, 0.2) is 25.3 Å². The Bertz CT molecular complexity index is 611. The first-order chi connectivity index (χ1) is 8.62. The highest BCUT2D eigenvalue weighted by molar-refractivity contribution is 5.70. The highest BCUT2D eigenvalue weighted by atomic mass is 14.1. The lowest BCUT2D eigenvalue weighted by atomic mass is 9.92. The van der Waals surface area contributed by atoms with Gasteiger partial charge in [-0.2, -0.15) is 0 Å². The average molecular weight is 238 g/mol. The Kier molecular flexibility index (Phi) is 4.91. The van der Waals surface area contributed by atoms with Crippen LogP contribution in [-0.2, 0) is 0 Å². The second-order valence-electron chi connectivity index (χ2n) is 4.30. The van der Waals surface area contributed by atoms with Gasteiger partial charge in [-0.05, 0) is 60.4 Å². The molecule has 1 aromatic rings. The number of hydrogen-bond acceptors (Lipinski definition) is 0. The molecule has 0 N–H and O–H groups in total. The summed E-state index contributed by atoms with van der Waals surface area (Å²) in [4.78, 5) is 0. The highest BCUT2D eigenvalue weighted by Gasteiger charge is 2.07. The third-order valence-corrected chi connectivity index (χ3v) is 3.35. The van der Waals surface area contributed by atoms with Gasteiger partial charge in [-0.25, -0.2) is 0 Å². The number of benzene rings is 1. The largest absolute Gasteiger partial charge is 0.0990 e. The van der Waals surface area contributed by atoms with E-state index in [4.69, 9.17) is 0 Å². The Labute approximate surface area is 110 Å². The average Bonchev–Trinajstić information content (AvgIpc) is 2.38. The van der Waals surface area contributed by atoms with Gasteiger partial charge in [-0.15, -0.1) is 0 Å². The van der Waals surface area contributed by atoms with Gasteiger partial charge in [0.1, 0.15) is 0 Å². The van der Waals surface area contributed by atoms with Gasteiger partial charge in [0, 0.05) is 0 Å². The van der Waals surface area contributed by atoms with Crippen LogP contribution in [0.4, 0.5) is 0 Å². The van der Waals surface area contributed by atoms with Crippen molar-refractivity contribution in [3.63, 3.8) is 0 Å². The lowest BCUT2D eigenvalue weighted by molar-refractivity contribution is 1.25. The summed E-state index contributed by atoms with van der Waals surface area (Å²) >= 11 is 0. The zero-order chi connectivity index (χ0) is 13.7. The molecular formula is C18H22. The van der Waals surface area contributed by atoms with Gasteiger partial charge in [0.25, 0.3) is 0 Å². The fourth-order valence-electron chi connectivity index (χ4n) is 2.34. The predicted molar refractivity (Wildman–Crippen MR) is 84.8 cm³/mol. The third kappa shape index (κ3) is 2.38. The molecule has 0 saturated carbocycles. The van der Waals surface area contributed by atoms with Crippen molar-refractivity contribution in [1.82, 2.24) is 0 Å². The molecule has 0 aliphatic rings. The first kappa shape index (κ1) is 14.2. The zero-order valence-electron chi connectivity index (χ0n) is 11.9. The van der Waals surface area contributed by atoms with Gasteiger partial charge < -0.3 is 0 Å². The lowest BCUT2D eigenvalue weighted by Gasteiger charge is -2.12. The second-order valence-corrected chi connectivity index (χ2v) is 4.30. The van der Waals surface area contributed by atoms with E-state index < -0.39 is 0 Å². The van der Waals surface area contributed by atoms with Crippen LogP contribution in [0.3, 0.4) is 0 Å². The molecule has 18 heavy (non-hydrogen) atoms. The minimum Gasteiger partial charge on any atom is -0.0990 e. The van der Waals surface area contributed by atoms with Gasteiger partial charge >= 0.3 is 0 Å². The van der Waals surface area contributed by atoms with Crippen LogP contribution in [0, 0.1) is 13.8 Å². The van der Waals surface area contributed by atoms with Crippen molar-refractivity contribution < 1.29 is 0 Å². The molecule has 94 valence electrons. The smallest absolute Gasteiger partial charge is 0.0112 e. The van der Waals surface area contributed by atoms with Gasteiger partial charge in [-0.1, -0.05) is 49.6 Å². The van der Waals surface area contributed by atoms with Crippen molar-refractivity contribution >= 4 is 24.3 Å². The Morgan fingerprint density at radius 1 is 0.889 bits per heavy atom. The van der Waals surface area contributed by atoms with Crippen molar-refractivity contribution in [3.05, 3.63) is 58.0 Å². The summed E-state index contributed by atoms with van der Waals surface area (Å²) in [6.07, 6.45) is 12.2. The zero-order valence-corrected chi connectivity index (χ0v) is 11.9. The summed E-state index contributed by atoms with van der Waals surface area (Å²) < 4.78 is 0. The quantitative estimate of drug-likeness (QED) is 0.752. The normalized spacial score (nSPS) is 13.3. The number of allylic oxidation sites excluding steroid dienone is 2. The van der Waals surface area contributed by atoms with Crippen molar-refractivity contribution in [1.29, 1.82) is 0 Å². The minimum atomic E-state index is 1.20. The fourth-order valence-corrected chi connectivity index (χ4v) is 2.34. The molecule has 0 fully saturated rings. The van der Waals surface area contributed by atoms with E-state index in [1.807, 2.05) is 19.1 Å². The monoisotopic (exact) mass is 238 g/mol. The van der Waals surface area contributed by atoms with Crippen LogP contribution >= 0.6 is 0 Å². The maximum absolute atomic E-state index is 3.96. The van der Waals surface area contributed by atoms with Gasteiger partial charge in [-0.3, -0.25) is 0 Å². The van der Waals surface area contributed by atoms with Gasteiger partial charge in [0.15, 0.2) is 0 Å². The first-order valence-electron chi connectivity index (χ1n) is 6.29. The van der Waals surface area contributed by atoms with Crippen LogP contribution in [-0.4, -0.2) is 0 Å². The Morgan fingerprint density at radius 2 is 1.56 bits per heavy atom. The second kappa shape index (κ2) is 6.20. The fraction of sp³-hybridized carbons (Fsp3) is 0.222. The van der Waals surface area contributed by atoms with E-state index in [0.29, 0.717) is 0 Å². The third-order valence-electron chi connectivity index (χ3n) is 3.35. The highest BCUT2D eigenvalue weighted by Crippen LogP contribution is 2.15. The van der Waals surface area contributed by atoms with Crippen molar-refractivity contribution in [3.8, 4) is 0 Å². The topological polar surface area (TPSA) is 0 Å². The molecule has 0 bridgehead atoms. The maximum Gasteiger partial charge on any atom is -0.0112 e. The van der Waals surface area contributed by atoms with E-state index >= 15 is 0 Å². The molecule has 0 aliphatic carbocycles. The number of hydrogen-bond donors (Lipinski definition) is 0. The van der Waals surface area contributed by atoms with E-state index in [0.717, 1.165) is 0 Å². The summed E-state index contributed by atoms with van der Waals surface area (Å²) in [5.74, 6) is 0. The molecule has 0 aromatic heterocycles. The molecule has 0 spiro atoms.